The van der Waals surface area contributed by atoms with Gasteiger partial charge in [0.1, 0.15) is 5.69 Å². The van der Waals surface area contributed by atoms with Crippen LogP contribution in [0.25, 0.3) is 0 Å². The third-order valence-electron chi connectivity index (χ3n) is 6.22. The van der Waals surface area contributed by atoms with Crippen LogP contribution in [0.1, 0.15) is 39.2 Å². The van der Waals surface area contributed by atoms with Gasteiger partial charge in [-0.1, -0.05) is 0 Å². The average Bonchev–Trinajstić information content (AvgIpc) is 3.71. The number of esters is 2. The molecule has 1 aliphatic heterocycles. The summed E-state index contributed by atoms with van der Waals surface area (Å²) < 4.78 is 30.5. The summed E-state index contributed by atoms with van der Waals surface area (Å²) in [5.74, 6) is -2.62. The highest BCUT2D eigenvalue weighted by Crippen LogP contribution is 2.44. The number of nitro groups is 1. The molecule has 0 spiro atoms. The van der Waals surface area contributed by atoms with Gasteiger partial charge in [0.2, 0.25) is 0 Å². The van der Waals surface area contributed by atoms with Crippen molar-refractivity contribution < 1.29 is 37.9 Å². The Morgan fingerprint density at radius 3 is 2.08 bits per heavy atom. The van der Waals surface area contributed by atoms with E-state index in [0.717, 1.165) is 6.07 Å². The van der Waals surface area contributed by atoms with Crippen LogP contribution in [0.15, 0.2) is 17.8 Å². The predicted molar refractivity (Wildman–Crippen MR) is 135 cm³/mol. The summed E-state index contributed by atoms with van der Waals surface area (Å²) in [5.41, 5.74) is -0.404. The quantitative estimate of drug-likeness (QED) is 0.0834. The first-order chi connectivity index (χ1) is 18.1. The number of hydrogen-bond donors (Lipinski definition) is 0. The number of nitro benzene ring substituents is 1. The third-order valence-corrected chi connectivity index (χ3v) is 6.22. The number of benzene rings is 1. The number of ether oxygens (including phenoxy) is 3. The van der Waals surface area contributed by atoms with Gasteiger partial charge >= 0.3 is 18.0 Å². The van der Waals surface area contributed by atoms with E-state index in [0.29, 0.717) is 12.8 Å². The Morgan fingerprint density at radius 2 is 1.61 bits per heavy atom. The van der Waals surface area contributed by atoms with Crippen LogP contribution in [-0.4, -0.2) is 79.9 Å². The SMILES string of the molecule is CCOC(=O)C(=CN(c1c([N+](=O)[O-])cc(F)c(N2CCN(C(=O)OCC)CC2)c1C)C1CC1)C(=O)OCC. The van der Waals surface area contributed by atoms with Crippen molar-refractivity contribution in [3.8, 4) is 0 Å². The number of piperazine rings is 1. The number of amides is 1. The molecule has 1 saturated carbocycles. The van der Waals surface area contributed by atoms with Crippen LogP contribution >= 0.6 is 0 Å². The van der Waals surface area contributed by atoms with Gasteiger partial charge in [-0.05, 0) is 40.5 Å². The summed E-state index contributed by atoms with van der Waals surface area (Å²) >= 11 is 0. The van der Waals surface area contributed by atoms with Gasteiger partial charge in [-0.3, -0.25) is 10.1 Å². The van der Waals surface area contributed by atoms with Crippen LogP contribution in [0.3, 0.4) is 0 Å². The second-order valence-corrected chi connectivity index (χ2v) is 8.75. The molecule has 2 aliphatic rings. The first-order valence-electron chi connectivity index (χ1n) is 12.6. The maximum Gasteiger partial charge on any atom is 0.409 e. The smallest absolute Gasteiger partial charge is 0.409 e. The van der Waals surface area contributed by atoms with Crippen molar-refractivity contribution in [1.29, 1.82) is 0 Å². The van der Waals surface area contributed by atoms with Crippen molar-refractivity contribution in [2.75, 3.05) is 55.8 Å². The summed E-state index contributed by atoms with van der Waals surface area (Å²) in [6.07, 6.45) is 2.06. The molecule has 1 aromatic carbocycles. The van der Waals surface area contributed by atoms with E-state index < -0.39 is 40.0 Å². The molecule has 3 rings (SSSR count). The Morgan fingerprint density at radius 1 is 1.05 bits per heavy atom. The number of carbonyl (C=O) groups is 3. The summed E-state index contributed by atoms with van der Waals surface area (Å²) in [6, 6.07) is 0.609. The maximum absolute atomic E-state index is 15.4. The lowest BCUT2D eigenvalue weighted by Gasteiger charge is -2.37. The van der Waals surface area contributed by atoms with Gasteiger partial charge in [0.25, 0.3) is 5.69 Å². The summed E-state index contributed by atoms with van der Waals surface area (Å²) in [5, 5.41) is 12.0. The average molecular weight is 537 g/mol. The highest BCUT2D eigenvalue weighted by molar-refractivity contribution is 6.14. The highest BCUT2D eigenvalue weighted by atomic mass is 19.1. The molecule has 1 aromatic rings. The van der Waals surface area contributed by atoms with Gasteiger partial charge in [-0.15, -0.1) is 0 Å². The Hall–Kier alpha value is -3.90. The molecule has 38 heavy (non-hydrogen) atoms. The molecule has 1 aliphatic carbocycles. The van der Waals surface area contributed by atoms with Gasteiger partial charge < -0.3 is 28.9 Å². The molecule has 0 unspecified atom stereocenters. The number of anilines is 2. The van der Waals surface area contributed by atoms with E-state index in [4.69, 9.17) is 14.2 Å². The van der Waals surface area contributed by atoms with Gasteiger partial charge in [-0.2, -0.15) is 0 Å². The van der Waals surface area contributed by atoms with Crippen molar-refractivity contribution in [2.45, 2.75) is 46.6 Å². The third kappa shape index (κ3) is 6.32. The van der Waals surface area contributed by atoms with E-state index in [1.165, 1.54) is 16.0 Å². The fourth-order valence-electron chi connectivity index (χ4n) is 4.37. The van der Waals surface area contributed by atoms with E-state index in [2.05, 4.69) is 0 Å². The molecule has 0 bridgehead atoms. The minimum absolute atomic E-state index is 0.0106. The predicted octanol–water partition coefficient (Wildman–Crippen LogP) is 3.30. The molecule has 208 valence electrons. The minimum atomic E-state index is -0.922. The summed E-state index contributed by atoms with van der Waals surface area (Å²) in [4.78, 5) is 53.4. The molecule has 1 amide bonds. The first-order valence-corrected chi connectivity index (χ1v) is 12.6. The zero-order valence-electron chi connectivity index (χ0n) is 22.0. The monoisotopic (exact) mass is 536 g/mol. The minimum Gasteiger partial charge on any atom is -0.462 e. The number of halogens is 1. The lowest BCUT2D eigenvalue weighted by molar-refractivity contribution is -0.384. The standard InChI is InChI=1S/C25H33FN4O8/c1-5-36-23(31)18(24(32)37-6-2)15-29(17-8-9-17)22-16(4)21(19(26)14-20(22)30(34)35)27-10-12-28(13-11-27)25(33)38-7-3/h14-15,17H,5-13H2,1-4H3. The van der Waals surface area contributed by atoms with E-state index in [-0.39, 0.29) is 69.0 Å². The number of carbonyl (C=O) groups excluding carboxylic acids is 3. The number of hydrogen-bond acceptors (Lipinski definition) is 10. The van der Waals surface area contributed by atoms with Crippen LogP contribution in [0.4, 0.5) is 26.2 Å². The second kappa shape index (κ2) is 12.6. The first kappa shape index (κ1) is 28.7. The van der Waals surface area contributed by atoms with E-state index >= 15 is 4.39 Å². The Balaban J connectivity index is 2.08. The Bertz CT molecular complexity index is 1090. The van der Waals surface area contributed by atoms with E-state index in [1.807, 2.05) is 0 Å². The molecule has 13 heteroatoms. The topological polar surface area (TPSA) is 132 Å². The lowest BCUT2D eigenvalue weighted by Crippen LogP contribution is -2.49. The number of rotatable bonds is 10. The van der Waals surface area contributed by atoms with Crippen molar-refractivity contribution >= 4 is 35.1 Å². The van der Waals surface area contributed by atoms with Crippen LogP contribution in [-0.2, 0) is 23.8 Å². The Kier molecular flexibility index (Phi) is 9.48. The molecule has 0 atom stereocenters. The largest absolute Gasteiger partial charge is 0.462 e. The summed E-state index contributed by atoms with van der Waals surface area (Å²) in [7, 11) is 0. The van der Waals surface area contributed by atoms with Gasteiger partial charge in [0.15, 0.2) is 11.4 Å². The van der Waals surface area contributed by atoms with Crippen molar-refractivity contribution in [3.63, 3.8) is 0 Å². The van der Waals surface area contributed by atoms with Crippen molar-refractivity contribution in [3.05, 3.63) is 39.3 Å². The van der Waals surface area contributed by atoms with Crippen LogP contribution < -0.4 is 9.80 Å². The van der Waals surface area contributed by atoms with Gasteiger partial charge in [0.05, 0.1) is 36.5 Å². The molecule has 1 heterocycles. The van der Waals surface area contributed by atoms with E-state index in [9.17, 15) is 24.5 Å². The molecular formula is C25H33FN4O8. The van der Waals surface area contributed by atoms with Crippen LogP contribution in [0, 0.1) is 22.9 Å². The molecule has 12 nitrogen and oxygen atoms in total. The fourth-order valence-corrected chi connectivity index (χ4v) is 4.37. The maximum atomic E-state index is 15.4. The van der Waals surface area contributed by atoms with E-state index in [1.54, 1.807) is 32.6 Å². The molecule has 0 N–H and O–H groups in total. The molecule has 2 fully saturated rings. The normalized spacial score (nSPS) is 15.0. The summed E-state index contributed by atoms with van der Waals surface area (Å²) in [6.45, 7) is 7.84. The van der Waals surface area contributed by atoms with Crippen LogP contribution in [0.2, 0.25) is 0 Å². The van der Waals surface area contributed by atoms with Crippen molar-refractivity contribution in [1.82, 2.24) is 4.90 Å². The Labute approximate surface area is 220 Å². The van der Waals surface area contributed by atoms with Gasteiger partial charge in [-0.25, -0.2) is 18.8 Å². The highest BCUT2D eigenvalue weighted by Gasteiger charge is 2.38. The molecule has 0 radical (unpaired) electrons. The zero-order chi connectivity index (χ0) is 28.0. The van der Waals surface area contributed by atoms with Gasteiger partial charge in [0, 0.05) is 44.0 Å². The van der Waals surface area contributed by atoms with Crippen molar-refractivity contribution in [2.24, 2.45) is 0 Å². The van der Waals surface area contributed by atoms with Crippen LogP contribution in [0.5, 0.6) is 0 Å². The fraction of sp³-hybridized carbons (Fsp3) is 0.560. The molecule has 1 saturated heterocycles. The number of nitrogens with zero attached hydrogens (tertiary/aromatic N) is 4. The zero-order valence-corrected chi connectivity index (χ0v) is 22.0. The molecule has 0 aromatic heterocycles. The molecular weight excluding hydrogens is 503 g/mol. The lowest BCUT2D eigenvalue weighted by atomic mass is 10.1. The second-order valence-electron chi connectivity index (χ2n) is 8.75.